The highest BCUT2D eigenvalue weighted by Crippen LogP contribution is 2.57. The maximum absolute atomic E-state index is 13.8. The highest BCUT2D eigenvalue weighted by molar-refractivity contribution is 5.38. The SMILES string of the molecule is OC(c1c(F)cc(F)cc1F)C1(c2ccccc2)CC1. The van der Waals surface area contributed by atoms with Gasteiger partial charge in [-0.2, -0.15) is 0 Å². The van der Waals surface area contributed by atoms with Crippen molar-refractivity contribution in [2.45, 2.75) is 24.4 Å². The van der Waals surface area contributed by atoms with Crippen molar-refractivity contribution in [1.29, 1.82) is 0 Å². The number of rotatable bonds is 3. The zero-order valence-corrected chi connectivity index (χ0v) is 10.6. The van der Waals surface area contributed by atoms with Gasteiger partial charge < -0.3 is 5.11 Å². The number of hydrogen-bond donors (Lipinski definition) is 1. The Balaban J connectivity index is 2.04. The Morgan fingerprint density at radius 1 is 0.950 bits per heavy atom. The van der Waals surface area contributed by atoms with E-state index in [4.69, 9.17) is 0 Å². The van der Waals surface area contributed by atoms with Crippen molar-refractivity contribution in [2.24, 2.45) is 0 Å². The van der Waals surface area contributed by atoms with Crippen LogP contribution in [0.3, 0.4) is 0 Å². The molecule has 0 heterocycles. The summed E-state index contributed by atoms with van der Waals surface area (Å²) in [5.41, 5.74) is -0.274. The third-order valence-electron chi connectivity index (χ3n) is 3.98. The van der Waals surface area contributed by atoms with E-state index in [0.717, 1.165) is 5.56 Å². The van der Waals surface area contributed by atoms with Gasteiger partial charge in [-0.3, -0.25) is 0 Å². The first-order chi connectivity index (χ1) is 9.54. The summed E-state index contributed by atoms with van der Waals surface area (Å²) in [7, 11) is 0. The minimum absolute atomic E-state index is 0.451. The monoisotopic (exact) mass is 278 g/mol. The topological polar surface area (TPSA) is 20.2 Å². The van der Waals surface area contributed by atoms with Gasteiger partial charge in [-0.05, 0) is 18.4 Å². The molecule has 0 bridgehead atoms. The molecule has 0 aromatic heterocycles. The molecular formula is C16H13F3O. The zero-order valence-electron chi connectivity index (χ0n) is 10.6. The third-order valence-corrected chi connectivity index (χ3v) is 3.98. The Morgan fingerprint density at radius 3 is 2.00 bits per heavy atom. The lowest BCUT2D eigenvalue weighted by molar-refractivity contribution is 0.124. The molecule has 104 valence electrons. The van der Waals surface area contributed by atoms with Crippen LogP contribution >= 0.6 is 0 Å². The predicted octanol–water partition coefficient (Wildman–Crippen LogP) is 3.87. The molecule has 20 heavy (non-hydrogen) atoms. The van der Waals surface area contributed by atoms with Crippen LogP contribution in [0, 0.1) is 17.5 Å². The number of aliphatic hydroxyl groups is 1. The molecule has 0 radical (unpaired) electrons. The largest absolute Gasteiger partial charge is 0.387 e. The summed E-state index contributed by atoms with van der Waals surface area (Å²) in [4.78, 5) is 0. The molecule has 1 unspecified atom stereocenters. The Labute approximate surface area is 114 Å². The fraction of sp³-hybridized carbons (Fsp3) is 0.250. The first-order valence-electron chi connectivity index (χ1n) is 6.42. The van der Waals surface area contributed by atoms with E-state index in [1.54, 1.807) is 0 Å². The van der Waals surface area contributed by atoms with Crippen LogP contribution in [0.25, 0.3) is 0 Å². The van der Waals surface area contributed by atoms with Crippen LogP contribution < -0.4 is 0 Å². The average Bonchev–Trinajstić information content (AvgIpc) is 3.20. The summed E-state index contributed by atoms with van der Waals surface area (Å²) < 4.78 is 40.5. The molecule has 1 saturated carbocycles. The molecule has 0 spiro atoms. The van der Waals surface area contributed by atoms with Gasteiger partial charge in [0.25, 0.3) is 0 Å². The van der Waals surface area contributed by atoms with E-state index in [-0.39, 0.29) is 0 Å². The average molecular weight is 278 g/mol. The van der Waals surface area contributed by atoms with E-state index in [0.29, 0.717) is 25.0 Å². The second-order valence-electron chi connectivity index (χ2n) is 5.21. The smallest absolute Gasteiger partial charge is 0.134 e. The van der Waals surface area contributed by atoms with Gasteiger partial charge in [0, 0.05) is 17.5 Å². The third kappa shape index (κ3) is 2.00. The van der Waals surface area contributed by atoms with Crippen molar-refractivity contribution in [2.75, 3.05) is 0 Å². The van der Waals surface area contributed by atoms with E-state index in [2.05, 4.69) is 0 Å². The molecule has 1 N–H and O–H groups in total. The first-order valence-corrected chi connectivity index (χ1v) is 6.42. The maximum atomic E-state index is 13.8. The minimum Gasteiger partial charge on any atom is -0.387 e. The van der Waals surface area contributed by atoms with Crippen LogP contribution in [0.5, 0.6) is 0 Å². The van der Waals surface area contributed by atoms with E-state index >= 15 is 0 Å². The van der Waals surface area contributed by atoms with Crippen molar-refractivity contribution in [3.05, 3.63) is 71.0 Å². The molecule has 1 nitrogen and oxygen atoms in total. The Hall–Kier alpha value is -1.81. The fourth-order valence-electron chi connectivity index (χ4n) is 2.72. The summed E-state index contributed by atoms with van der Waals surface area (Å²) in [6.45, 7) is 0. The van der Waals surface area contributed by atoms with Crippen LogP contribution in [-0.2, 0) is 5.41 Å². The van der Waals surface area contributed by atoms with Gasteiger partial charge in [0.2, 0.25) is 0 Å². The Kier molecular flexibility index (Phi) is 3.05. The molecule has 0 saturated heterocycles. The summed E-state index contributed by atoms with van der Waals surface area (Å²) in [6, 6.07) is 10.3. The van der Waals surface area contributed by atoms with Crippen molar-refractivity contribution >= 4 is 0 Å². The number of halogens is 3. The molecule has 2 aromatic carbocycles. The van der Waals surface area contributed by atoms with Crippen LogP contribution in [0.2, 0.25) is 0 Å². The fourth-order valence-corrected chi connectivity index (χ4v) is 2.72. The highest BCUT2D eigenvalue weighted by atomic mass is 19.1. The van der Waals surface area contributed by atoms with Crippen molar-refractivity contribution in [1.82, 2.24) is 0 Å². The lowest BCUT2D eigenvalue weighted by atomic mass is 9.85. The van der Waals surface area contributed by atoms with Crippen molar-refractivity contribution < 1.29 is 18.3 Å². The van der Waals surface area contributed by atoms with Crippen molar-refractivity contribution in [3.63, 3.8) is 0 Å². The summed E-state index contributed by atoms with van der Waals surface area (Å²) in [6.07, 6.45) is -0.0198. The lowest BCUT2D eigenvalue weighted by Crippen LogP contribution is -2.21. The van der Waals surface area contributed by atoms with Crippen LogP contribution in [0.15, 0.2) is 42.5 Å². The molecule has 1 aliphatic rings. The van der Waals surface area contributed by atoms with Gasteiger partial charge in [-0.1, -0.05) is 30.3 Å². The minimum atomic E-state index is -1.31. The zero-order chi connectivity index (χ0) is 14.3. The van der Waals surface area contributed by atoms with E-state index < -0.39 is 34.5 Å². The number of benzene rings is 2. The van der Waals surface area contributed by atoms with Gasteiger partial charge in [-0.25, -0.2) is 13.2 Å². The van der Waals surface area contributed by atoms with Crippen molar-refractivity contribution in [3.8, 4) is 0 Å². The summed E-state index contributed by atoms with van der Waals surface area (Å²) in [5.74, 6) is -3.07. The number of aliphatic hydroxyl groups excluding tert-OH is 1. The normalized spacial score (nSPS) is 17.8. The second kappa shape index (κ2) is 4.63. The molecule has 1 aliphatic carbocycles. The van der Waals surface area contributed by atoms with Gasteiger partial charge in [0.15, 0.2) is 0 Å². The maximum Gasteiger partial charge on any atom is 0.134 e. The van der Waals surface area contributed by atoms with Gasteiger partial charge in [-0.15, -0.1) is 0 Å². The standard InChI is InChI=1S/C16H13F3O/c17-11-8-12(18)14(13(19)9-11)15(20)16(6-7-16)10-4-2-1-3-5-10/h1-5,8-9,15,20H,6-7H2. The Bertz CT molecular complexity index is 612. The van der Waals surface area contributed by atoms with Gasteiger partial charge in [0.1, 0.15) is 17.5 Å². The second-order valence-corrected chi connectivity index (χ2v) is 5.21. The molecule has 3 rings (SSSR count). The van der Waals surface area contributed by atoms with Crippen LogP contribution in [-0.4, -0.2) is 5.11 Å². The molecular weight excluding hydrogens is 265 g/mol. The van der Waals surface area contributed by atoms with E-state index in [9.17, 15) is 18.3 Å². The summed E-state index contributed by atoms with van der Waals surface area (Å²) in [5, 5.41) is 10.4. The molecule has 1 atom stereocenters. The van der Waals surface area contributed by atoms with Crippen LogP contribution in [0.1, 0.15) is 30.1 Å². The van der Waals surface area contributed by atoms with E-state index in [1.807, 2.05) is 30.3 Å². The molecule has 0 amide bonds. The molecule has 0 aliphatic heterocycles. The first kappa shape index (κ1) is 13.2. The number of hydrogen-bond acceptors (Lipinski definition) is 1. The predicted molar refractivity (Wildman–Crippen MR) is 68.6 cm³/mol. The summed E-state index contributed by atoms with van der Waals surface area (Å²) >= 11 is 0. The Morgan fingerprint density at radius 2 is 1.50 bits per heavy atom. The molecule has 1 fully saturated rings. The van der Waals surface area contributed by atoms with Gasteiger partial charge in [0.05, 0.1) is 11.7 Å². The quantitative estimate of drug-likeness (QED) is 0.903. The highest BCUT2D eigenvalue weighted by Gasteiger charge is 2.52. The van der Waals surface area contributed by atoms with Gasteiger partial charge >= 0.3 is 0 Å². The lowest BCUT2D eigenvalue weighted by Gasteiger charge is -2.24. The van der Waals surface area contributed by atoms with Crippen LogP contribution in [0.4, 0.5) is 13.2 Å². The molecule has 4 heteroatoms. The molecule has 2 aromatic rings. The van der Waals surface area contributed by atoms with E-state index in [1.165, 1.54) is 0 Å².